The van der Waals surface area contributed by atoms with Gasteiger partial charge in [-0.05, 0) is 48.1 Å². The summed E-state index contributed by atoms with van der Waals surface area (Å²) in [4.78, 5) is 17.3. The molecule has 0 aliphatic carbocycles. The highest BCUT2D eigenvalue weighted by molar-refractivity contribution is 6.31. The summed E-state index contributed by atoms with van der Waals surface area (Å²) in [5, 5.41) is 0.831. The largest absolute Gasteiger partial charge is 0.454 e. The average Bonchev–Trinajstić information content (AvgIpc) is 3.20. The van der Waals surface area contributed by atoms with Crippen LogP contribution >= 0.6 is 11.6 Å². The summed E-state index contributed by atoms with van der Waals surface area (Å²) in [5.74, 6) is 2.34. The van der Waals surface area contributed by atoms with Gasteiger partial charge in [-0.3, -0.25) is 9.69 Å². The van der Waals surface area contributed by atoms with Crippen LogP contribution < -0.4 is 9.47 Å². The number of piperidine rings is 2. The Morgan fingerprint density at radius 2 is 1.90 bits per heavy atom. The standard InChI is InChI=1S/C23H25ClN2O3/c24-19-4-2-1-3-17(19)13-25-10-9-20-18(14-25)6-8-23(27)26(20)12-16-5-7-21-22(11-16)29-15-28-21/h1-5,7,11,18,20H,6,8-10,12-15H2/t18-,20+/m1/s1. The SMILES string of the molecule is O=C1CC[C@@H]2CN(Cc3ccccc3Cl)CC[C@@H]2N1Cc1ccc2c(c1)OCO2. The van der Waals surface area contributed by atoms with Crippen molar-refractivity contribution in [3.63, 3.8) is 0 Å². The van der Waals surface area contributed by atoms with E-state index in [9.17, 15) is 4.79 Å². The van der Waals surface area contributed by atoms with Crippen LogP contribution in [0.4, 0.5) is 0 Å². The molecule has 5 rings (SSSR count). The monoisotopic (exact) mass is 412 g/mol. The van der Waals surface area contributed by atoms with Crippen LogP contribution in [0.5, 0.6) is 11.5 Å². The number of nitrogens with zero attached hydrogens (tertiary/aromatic N) is 2. The molecule has 0 N–H and O–H groups in total. The van der Waals surface area contributed by atoms with Crippen molar-refractivity contribution in [2.45, 2.75) is 38.4 Å². The van der Waals surface area contributed by atoms with Gasteiger partial charge in [-0.2, -0.15) is 0 Å². The van der Waals surface area contributed by atoms with Crippen LogP contribution in [0.25, 0.3) is 0 Å². The van der Waals surface area contributed by atoms with Gasteiger partial charge in [0.2, 0.25) is 12.7 Å². The Morgan fingerprint density at radius 1 is 1.03 bits per heavy atom. The molecular weight excluding hydrogens is 388 g/mol. The maximum absolute atomic E-state index is 12.7. The molecule has 3 heterocycles. The minimum absolute atomic E-state index is 0.267. The Hall–Kier alpha value is -2.24. The fourth-order valence-electron chi connectivity index (χ4n) is 4.88. The van der Waals surface area contributed by atoms with Crippen LogP contribution in [-0.2, 0) is 17.9 Å². The summed E-state index contributed by atoms with van der Waals surface area (Å²) in [6.45, 7) is 3.78. The molecule has 0 radical (unpaired) electrons. The highest BCUT2D eigenvalue weighted by Gasteiger charge is 2.39. The predicted molar refractivity (Wildman–Crippen MR) is 111 cm³/mol. The molecule has 2 aromatic rings. The van der Waals surface area contributed by atoms with Crippen LogP contribution in [0.2, 0.25) is 5.02 Å². The highest BCUT2D eigenvalue weighted by Crippen LogP contribution is 2.36. The number of amides is 1. The second kappa shape index (κ2) is 7.88. The van der Waals surface area contributed by atoms with Crippen molar-refractivity contribution in [3.05, 3.63) is 58.6 Å². The Morgan fingerprint density at radius 3 is 2.79 bits per heavy atom. The fourth-order valence-corrected chi connectivity index (χ4v) is 5.07. The first-order chi connectivity index (χ1) is 14.2. The van der Waals surface area contributed by atoms with E-state index >= 15 is 0 Å². The van der Waals surface area contributed by atoms with Crippen molar-refractivity contribution in [1.29, 1.82) is 0 Å². The first-order valence-electron chi connectivity index (χ1n) is 10.3. The van der Waals surface area contributed by atoms with Gasteiger partial charge < -0.3 is 14.4 Å². The fraction of sp³-hybridized carbons (Fsp3) is 0.435. The zero-order valence-electron chi connectivity index (χ0n) is 16.4. The Labute approximate surface area is 176 Å². The van der Waals surface area contributed by atoms with E-state index in [1.807, 2.05) is 36.4 Å². The number of hydrogen-bond donors (Lipinski definition) is 0. The maximum atomic E-state index is 12.7. The molecule has 2 fully saturated rings. The Bertz CT molecular complexity index is 919. The summed E-state index contributed by atoms with van der Waals surface area (Å²) < 4.78 is 10.9. The van der Waals surface area contributed by atoms with Crippen LogP contribution in [0.1, 0.15) is 30.4 Å². The van der Waals surface area contributed by atoms with Gasteiger partial charge in [0.25, 0.3) is 0 Å². The van der Waals surface area contributed by atoms with E-state index in [0.717, 1.165) is 54.6 Å². The molecule has 2 aromatic carbocycles. The first kappa shape index (κ1) is 18.8. The highest BCUT2D eigenvalue weighted by atomic mass is 35.5. The number of likely N-dealkylation sites (tertiary alicyclic amines) is 2. The third-order valence-corrected chi connectivity index (χ3v) is 6.74. The molecular formula is C23H25ClN2O3. The van der Waals surface area contributed by atoms with Gasteiger partial charge in [0.1, 0.15) is 0 Å². The van der Waals surface area contributed by atoms with Crippen molar-refractivity contribution in [3.8, 4) is 11.5 Å². The smallest absolute Gasteiger partial charge is 0.231 e. The minimum atomic E-state index is 0.267. The number of carbonyl (C=O) groups excluding carboxylic acids is 1. The summed E-state index contributed by atoms with van der Waals surface area (Å²) in [5.41, 5.74) is 2.28. The molecule has 2 atom stereocenters. The van der Waals surface area contributed by atoms with E-state index in [1.165, 1.54) is 5.56 Å². The second-order valence-electron chi connectivity index (χ2n) is 8.19. The number of rotatable bonds is 4. The average molecular weight is 413 g/mol. The van der Waals surface area contributed by atoms with Crippen LogP contribution in [-0.4, -0.2) is 41.6 Å². The molecule has 0 aromatic heterocycles. The molecule has 0 saturated carbocycles. The van der Waals surface area contributed by atoms with E-state index < -0.39 is 0 Å². The Balaban J connectivity index is 1.27. The lowest BCUT2D eigenvalue weighted by Crippen LogP contribution is -2.55. The molecule has 2 saturated heterocycles. The van der Waals surface area contributed by atoms with Gasteiger partial charge in [0.15, 0.2) is 11.5 Å². The molecule has 5 nitrogen and oxygen atoms in total. The minimum Gasteiger partial charge on any atom is -0.454 e. The van der Waals surface area contributed by atoms with Gasteiger partial charge in [-0.15, -0.1) is 0 Å². The molecule has 0 bridgehead atoms. The number of benzene rings is 2. The summed E-state index contributed by atoms with van der Waals surface area (Å²) in [7, 11) is 0. The zero-order chi connectivity index (χ0) is 19.8. The van der Waals surface area contributed by atoms with Crippen molar-refractivity contribution in [2.75, 3.05) is 19.9 Å². The lowest BCUT2D eigenvalue weighted by atomic mass is 9.83. The number of fused-ring (bicyclic) bond motifs is 2. The van der Waals surface area contributed by atoms with Gasteiger partial charge in [0.05, 0.1) is 0 Å². The first-order valence-corrected chi connectivity index (χ1v) is 10.7. The van der Waals surface area contributed by atoms with E-state index in [2.05, 4.69) is 15.9 Å². The maximum Gasteiger partial charge on any atom is 0.231 e. The molecule has 0 unspecified atom stereocenters. The summed E-state index contributed by atoms with van der Waals surface area (Å²) >= 11 is 6.35. The number of carbonyl (C=O) groups is 1. The van der Waals surface area contributed by atoms with Gasteiger partial charge >= 0.3 is 0 Å². The topological polar surface area (TPSA) is 42.0 Å². The van der Waals surface area contributed by atoms with Crippen LogP contribution in [0.3, 0.4) is 0 Å². The van der Waals surface area contributed by atoms with Gasteiger partial charge in [-0.25, -0.2) is 0 Å². The molecule has 1 amide bonds. The molecule has 3 aliphatic heterocycles. The third kappa shape index (κ3) is 3.81. The van der Waals surface area contributed by atoms with E-state index in [4.69, 9.17) is 21.1 Å². The normalized spacial score (nSPS) is 23.9. The van der Waals surface area contributed by atoms with E-state index in [0.29, 0.717) is 24.9 Å². The van der Waals surface area contributed by atoms with Crippen LogP contribution in [0, 0.1) is 5.92 Å². The summed E-state index contributed by atoms with van der Waals surface area (Å²) in [6.07, 6.45) is 2.61. The predicted octanol–water partition coefficient (Wildman–Crippen LogP) is 4.08. The number of hydrogen-bond acceptors (Lipinski definition) is 4. The van der Waals surface area contributed by atoms with Gasteiger partial charge in [-0.1, -0.05) is 35.9 Å². The quantitative estimate of drug-likeness (QED) is 0.758. The third-order valence-electron chi connectivity index (χ3n) is 6.37. The van der Waals surface area contributed by atoms with E-state index in [-0.39, 0.29) is 12.7 Å². The molecule has 29 heavy (non-hydrogen) atoms. The van der Waals surface area contributed by atoms with E-state index in [1.54, 1.807) is 0 Å². The zero-order valence-corrected chi connectivity index (χ0v) is 17.1. The number of halogens is 1. The van der Waals surface area contributed by atoms with Gasteiger partial charge in [0, 0.05) is 43.7 Å². The molecule has 0 spiro atoms. The summed E-state index contributed by atoms with van der Waals surface area (Å²) in [6, 6.07) is 14.4. The molecule has 3 aliphatic rings. The second-order valence-corrected chi connectivity index (χ2v) is 8.60. The van der Waals surface area contributed by atoms with Crippen molar-refractivity contribution in [2.24, 2.45) is 5.92 Å². The lowest BCUT2D eigenvalue weighted by Gasteiger charge is -2.47. The van der Waals surface area contributed by atoms with Crippen molar-refractivity contribution >= 4 is 17.5 Å². The molecule has 152 valence electrons. The van der Waals surface area contributed by atoms with Crippen molar-refractivity contribution in [1.82, 2.24) is 9.80 Å². The molecule has 6 heteroatoms. The lowest BCUT2D eigenvalue weighted by molar-refractivity contribution is -0.142. The number of ether oxygens (including phenoxy) is 2. The van der Waals surface area contributed by atoms with Crippen LogP contribution in [0.15, 0.2) is 42.5 Å². The van der Waals surface area contributed by atoms with Crippen molar-refractivity contribution < 1.29 is 14.3 Å². The Kier molecular flexibility index (Phi) is 5.10.